The Hall–Kier alpha value is -0.680. The van der Waals surface area contributed by atoms with E-state index in [9.17, 15) is 4.79 Å². The molecule has 1 fully saturated rings. The maximum Gasteiger partial charge on any atom is 0.185 e. The van der Waals surface area contributed by atoms with Gasteiger partial charge < -0.3 is 4.74 Å². The summed E-state index contributed by atoms with van der Waals surface area (Å²) in [5, 5.41) is 4.24. The molecule has 0 radical (unpaired) electrons. The van der Waals surface area contributed by atoms with Crippen LogP contribution in [-0.2, 0) is 11.3 Å². The summed E-state index contributed by atoms with van der Waals surface area (Å²) in [6, 6.07) is 0. The highest BCUT2D eigenvalue weighted by molar-refractivity contribution is 9.10. The summed E-state index contributed by atoms with van der Waals surface area (Å²) >= 11 is 3.43. The minimum Gasteiger partial charge on any atom is -0.383 e. The first-order chi connectivity index (χ1) is 8.65. The van der Waals surface area contributed by atoms with Crippen LogP contribution in [0.4, 0.5) is 0 Å². The number of Topliss-reactive ketones (excluding diaryl/α,β-unsaturated/α-hetero) is 1. The molecule has 2 unspecified atom stereocenters. The molecule has 0 saturated heterocycles. The van der Waals surface area contributed by atoms with Gasteiger partial charge in [0, 0.05) is 13.0 Å². The van der Waals surface area contributed by atoms with E-state index in [4.69, 9.17) is 4.74 Å². The second-order valence-electron chi connectivity index (χ2n) is 4.94. The summed E-state index contributed by atoms with van der Waals surface area (Å²) < 4.78 is 7.59. The standard InChI is InChI=1S/C13H19BrN2O2/c1-9-4-3-5-10(9)13(17)12-11(14)8-15-16(12)6-7-18-2/h8-10H,3-7H2,1-2H3. The largest absolute Gasteiger partial charge is 0.383 e. The van der Waals surface area contributed by atoms with Crippen LogP contribution in [0.2, 0.25) is 0 Å². The molecule has 0 aliphatic heterocycles. The van der Waals surface area contributed by atoms with E-state index in [2.05, 4.69) is 28.0 Å². The van der Waals surface area contributed by atoms with Gasteiger partial charge in [-0.05, 0) is 34.7 Å². The number of nitrogens with zero attached hydrogens (tertiary/aromatic N) is 2. The normalized spacial score (nSPS) is 23.5. The third kappa shape index (κ3) is 2.67. The van der Waals surface area contributed by atoms with Gasteiger partial charge in [0.15, 0.2) is 5.78 Å². The maximum absolute atomic E-state index is 12.6. The van der Waals surface area contributed by atoms with Gasteiger partial charge in [0.05, 0.1) is 23.8 Å². The smallest absolute Gasteiger partial charge is 0.185 e. The molecular weight excluding hydrogens is 296 g/mol. The number of hydrogen-bond donors (Lipinski definition) is 0. The Labute approximate surface area is 116 Å². The number of ether oxygens (including phenoxy) is 1. The molecule has 4 nitrogen and oxygen atoms in total. The van der Waals surface area contributed by atoms with Gasteiger partial charge in [-0.2, -0.15) is 5.10 Å². The summed E-state index contributed by atoms with van der Waals surface area (Å²) in [6.45, 7) is 3.35. The number of halogens is 1. The molecule has 18 heavy (non-hydrogen) atoms. The monoisotopic (exact) mass is 314 g/mol. The third-order valence-corrected chi connectivity index (χ3v) is 4.31. The molecule has 0 amide bonds. The van der Waals surface area contributed by atoms with Crippen molar-refractivity contribution in [2.24, 2.45) is 11.8 Å². The Balaban J connectivity index is 2.20. The predicted molar refractivity (Wildman–Crippen MR) is 72.6 cm³/mol. The topological polar surface area (TPSA) is 44.1 Å². The Bertz CT molecular complexity index is 431. The first-order valence-electron chi connectivity index (χ1n) is 6.39. The van der Waals surface area contributed by atoms with E-state index in [0.717, 1.165) is 23.7 Å². The fourth-order valence-corrected chi connectivity index (χ4v) is 3.16. The molecule has 100 valence electrons. The number of carbonyl (C=O) groups is 1. The van der Waals surface area contributed by atoms with Gasteiger partial charge in [-0.1, -0.05) is 13.3 Å². The first-order valence-corrected chi connectivity index (χ1v) is 7.19. The Morgan fingerprint density at radius 3 is 3.00 bits per heavy atom. The van der Waals surface area contributed by atoms with Crippen molar-refractivity contribution in [3.05, 3.63) is 16.4 Å². The second-order valence-corrected chi connectivity index (χ2v) is 5.79. The molecule has 1 heterocycles. The van der Waals surface area contributed by atoms with E-state index in [1.54, 1.807) is 18.0 Å². The van der Waals surface area contributed by atoms with Crippen LogP contribution >= 0.6 is 15.9 Å². The minimum absolute atomic E-state index is 0.152. The highest BCUT2D eigenvalue weighted by Gasteiger charge is 2.33. The van der Waals surface area contributed by atoms with Gasteiger partial charge in [0.2, 0.25) is 0 Å². The number of aromatic nitrogens is 2. The lowest BCUT2D eigenvalue weighted by Crippen LogP contribution is -2.22. The molecule has 0 bridgehead atoms. The van der Waals surface area contributed by atoms with Crippen LogP contribution in [0.15, 0.2) is 10.7 Å². The highest BCUT2D eigenvalue weighted by atomic mass is 79.9. The molecule has 1 aliphatic rings. The summed E-state index contributed by atoms with van der Waals surface area (Å²) in [7, 11) is 1.65. The molecular formula is C13H19BrN2O2. The van der Waals surface area contributed by atoms with Crippen LogP contribution in [0.1, 0.15) is 36.7 Å². The Morgan fingerprint density at radius 2 is 2.39 bits per heavy atom. The second kappa shape index (κ2) is 5.97. The van der Waals surface area contributed by atoms with Crippen LogP contribution < -0.4 is 0 Å². The van der Waals surface area contributed by atoms with E-state index in [1.807, 2.05) is 0 Å². The van der Waals surface area contributed by atoms with E-state index < -0.39 is 0 Å². The summed E-state index contributed by atoms with van der Waals surface area (Å²) in [4.78, 5) is 12.6. The lowest BCUT2D eigenvalue weighted by molar-refractivity contribution is 0.0881. The zero-order valence-electron chi connectivity index (χ0n) is 10.9. The van der Waals surface area contributed by atoms with E-state index in [0.29, 0.717) is 24.8 Å². The maximum atomic E-state index is 12.6. The van der Waals surface area contributed by atoms with Crippen LogP contribution in [0.3, 0.4) is 0 Å². The van der Waals surface area contributed by atoms with Crippen molar-refractivity contribution in [1.82, 2.24) is 9.78 Å². The van der Waals surface area contributed by atoms with E-state index in [-0.39, 0.29) is 11.7 Å². The van der Waals surface area contributed by atoms with Gasteiger partial charge in [0.1, 0.15) is 5.69 Å². The quantitative estimate of drug-likeness (QED) is 0.785. The van der Waals surface area contributed by atoms with Crippen LogP contribution in [-0.4, -0.2) is 29.3 Å². The summed E-state index contributed by atoms with van der Waals surface area (Å²) in [5.41, 5.74) is 0.700. The van der Waals surface area contributed by atoms with Gasteiger partial charge in [-0.15, -0.1) is 0 Å². The lowest BCUT2D eigenvalue weighted by atomic mass is 9.92. The predicted octanol–water partition coefficient (Wildman–Crippen LogP) is 2.91. The number of methoxy groups -OCH3 is 1. The van der Waals surface area contributed by atoms with Crippen molar-refractivity contribution in [2.45, 2.75) is 32.7 Å². The minimum atomic E-state index is 0.152. The molecule has 0 aromatic carbocycles. The molecule has 1 saturated carbocycles. The van der Waals surface area contributed by atoms with Crippen molar-refractivity contribution in [2.75, 3.05) is 13.7 Å². The Kier molecular flexibility index (Phi) is 4.56. The van der Waals surface area contributed by atoms with Crippen LogP contribution in [0.25, 0.3) is 0 Å². The van der Waals surface area contributed by atoms with E-state index >= 15 is 0 Å². The van der Waals surface area contributed by atoms with Gasteiger partial charge >= 0.3 is 0 Å². The van der Waals surface area contributed by atoms with Crippen molar-refractivity contribution in [1.29, 1.82) is 0 Å². The van der Waals surface area contributed by atoms with Crippen molar-refractivity contribution in [3.63, 3.8) is 0 Å². The van der Waals surface area contributed by atoms with Crippen molar-refractivity contribution < 1.29 is 9.53 Å². The number of carbonyl (C=O) groups excluding carboxylic acids is 1. The van der Waals surface area contributed by atoms with Gasteiger partial charge in [0.25, 0.3) is 0 Å². The fourth-order valence-electron chi connectivity index (χ4n) is 2.67. The van der Waals surface area contributed by atoms with Crippen LogP contribution in [0, 0.1) is 11.8 Å². The summed E-state index contributed by atoms with van der Waals surface area (Å²) in [5.74, 6) is 0.856. The van der Waals surface area contributed by atoms with Crippen molar-refractivity contribution in [3.8, 4) is 0 Å². The van der Waals surface area contributed by atoms with Gasteiger partial charge in [-0.25, -0.2) is 0 Å². The first kappa shape index (κ1) is 13.7. The van der Waals surface area contributed by atoms with Crippen LogP contribution in [0.5, 0.6) is 0 Å². The lowest BCUT2D eigenvalue weighted by Gasteiger charge is -2.15. The SMILES string of the molecule is COCCn1ncc(Br)c1C(=O)C1CCCC1C. The Morgan fingerprint density at radius 1 is 1.61 bits per heavy atom. The van der Waals surface area contributed by atoms with Crippen molar-refractivity contribution >= 4 is 21.7 Å². The highest BCUT2D eigenvalue weighted by Crippen LogP contribution is 2.35. The molecule has 2 rings (SSSR count). The number of rotatable bonds is 5. The molecule has 1 aromatic rings. The number of hydrogen-bond acceptors (Lipinski definition) is 3. The van der Waals surface area contributed by atoms with E-state index in [1.165, 1.54) is 0 Å². The fraction of sp³-hybridized carbons (Fsp3) is 0.692. The molecule has 0 spiro atoms. The van der Waals surface area contributed by atoms with Gasteiger partial charge in [-0.3, -0.25) is 9.48 Å². The molecule has 2 atom stereocenters. The average Bonchev–Trinajstić information content (AvgIpc) is 2.92. The zero-order valence-corrected chi connectivity index (χ0v) is 12.4. The molecule has 1 aliphatic carbocycles. The number of ketones is 1. The zero-order chi connectivity index (χ0) is 13.1. The molecule has 1 aromatic heterocycles. The summed E-state index contributed by atoms with van der Waals surface area (Å²) in [6.07, 6.45) is 5.01. The third-order valence-electron chi connectivity index (χ3n) is 3.73. The molecule has 0 N–H and O–H groups in total. The molecule has 5 heteroatoms. The average molecular weight is 315 g/mol.